The van der Waals surface area contributed by atoms with E-state index in [0.29, 0.717) is 29.3 Å². The van der Waals surface area contributed by atoms with Gasteiger partial charge in [-0.15, -0.1) is 0 Å². The van der Waals surface area contributed by atoms with Crippen molar-refractivity contribution in [1.29, 1.82) is 0 Å². The van der Waals surface area contributed by atoms with Crippen molar-refractivity contribution < 1.29 is 14.0 Å². The van der Waals surface area contributed by atoms with Crippen LogP contribution in [-0.4, -0.2) is 32.0 Å². The number of imidazole rings is 1. The van der Waals surface area contributed by atoms with Crippen LogP contribution in [0.5, 0.6) is 0 Å². The number of carbonyl (C=O) groups is 2. The highest BCUT2D eigenvalue weighted by Crippen LogP contribution is 2.31. The maximum Gasteiger partial charge on any atom is 0.254 e. The topological polar surface area (TPSA) is 156 Å². The molecule has 7 N–H and O–H groups in total. The lowest BCUT2D eigenvalue weighted by Gasteiger charge is -2.17. The Bertz CT molecular complexity index is 1630. The molecule has 0 aliphatic rings. The Morgan fingerprint density at radius 3 is 2.59 bits per heavy atom. The van der Waals surface area contributed by atoms with Crippen LogP contribution in [-0.2, 0) is 6.42 Å². The highest BCUT2D eigenvalue weighted by atomic mass is 35.5. The molecule has 5 rings (SSSR count). The van der Waals surface area contributed by atoms with Crippen molar-refractivity contribution in [1.82, 2.24) is 25.5 Å². The molecule has 0 spiro atoms. The van der Waals surface area contributed by atoms with Gasteiger partial charge in [0.05, 0.1) is 17.1 Å². The van der Waals surface area contributed by atoms with Crippen molar-refractivity contribution in [3.8, 4) is 11.3 Å². The van der Waals surface area contributed by atoms with Gasteiger partial charge >= 0.3 is 0 Å². The molecule has 5 aromatic rings. The predicted molar refractivity (Wildman–Crippen MR) is 138 cm³/mol. The number of aromatic nitrogens is 4. The van der Waals surface area contributed by atoms with Crippen LogP contribution >= 0.6 is 11.6 Å². The molecule has 2 heterocycles. The van der Waals surface area contributed by atoms with Crippen molar-refractivity contribution in [2.24, 2.45) is 5.73 Å². The number of amides is 2. The number of anilines is 1. The van der Waals surface area contributed by atoms with Crippen molar-refractivity contribution in [3.05, 3.63) is 100 Å². The Morgan fingerprint density at radius 1 is 1.08 bits per heavy atom. The summed E-state index contributed by atoms with van der Waals surface area (Å²) >= 11 is 6.52. The van der Waals surface area contributed by atoms with Gasteiger partial charge < -0.3 is 21.8 Å². The second-order valence-electron chi connectivity index (χ2n) is 8.43. The molecule has 0 saturated carbocycles. The fourth-order valence-corrected chi connectivity index (χ4v) is 4.32. The Morgan fingerprint density at radius 2 is 1.86 bits per heavy atom. The van der Waals surface area contributed by atoms with Gasteiger partial charge in [-0.1, -0.05) is 48.0 Å². The molecule has 0 radical (unpaired) electrons. The van der Waals surface area contributed by atoms with Crippen molar-refractivity contribution in [2.45, 2.75) is 12.5 Å². The lowest BCUT2D eigenvalue weighted by molar-refractivity contribution is 0.0928. The van der Waals surface area contributed by atoms with E-state index in [-0.39, 0.29) is 16.3 Å². The number of carbonyl (C=O) groups excluding carboxylic acids is 2. The molecule has 0 aliphatic heterocycles. The second kappa shape index (κ2) is 9.75. The van der Waals surface area contributed by atoms with Crippen LogP contribution in [0.4, 0.5) is 10.2 Å². The summed E-state index contributed by atoms with van der Waals surface area (Å²) in [7, 11) is 0. The molecule has 186 valence electrons. The van der Waals surface area contributed by atoms with Gasteiger partial charge in [-0.2, -0.15) is 5.10 Å². The molecule has 9 nitrogen and oxygen atoms in total. The quantitative estimate of drug-likeness (QED) is 0.219. The molecule has 2 aromatic heterocycles. The molecule has 0 unspecified atom stereocenters. The fourth-order valence-electron chi connectivity index (χ4n) is 4.07. The highest BCUT2D eigenvalue weighted by Gasteiger charge is 2.24. The van der Waals surface area contributed by atoms with E-state index in [2.05, 4.69) is 25.5 Å². The monoisotopic (exact) mass is 517 g/mol. The summed E-state index contributed by atoms with van der Waals surface area (Å²) in [5.41, 5.74) is 13.6. The first-order chi connectivity index (χ1) is 17.8. The van der Waals surface area contributed by atoms with E-state index in [1.54, 1.807) is 0 Å². The number of hydrogen-bond acceptors (Lipinski definition) is 5. The Kier molecular flexibility index (Phi) is 6.33. The smallest absolute Gasteiger partial charge is 0.254 e. The van der Waals surface area contributed by atoms with Crippen LogP contribution in [0.2, 0.25) is 5.15 Å². The van der Waals surface area contributed by atoms with Gasteiger partial charge in [-0.25, -0.2) is 9.37 Å². The third-order valence-corrected chi connectivity index (χ3v) is 6.23. The number of nitrogens with zero attached hydrogens (tertiary/aromatic N) is 2. The summed E-state index contributed by atoms with van der Waals surface area (Å²) < 4.78 is 14.6. The number of benzene rings is 3. The molecule has 3 aromatic carbocycles. The van der Waals surface area contributed by atoms with Gasteiger partial charge in [0.15, 0.2) is 5.82 Å². The lowest BCUT2D eigenvalue weighted by Crippen LogP contribution is -2.31. The molecule has 1 atom stereocenters. The third kappa shape index (κ3) is 4.87. The number of H-pyrrole nitrogens is 2. The van der Waals surface area contributed by atoms with E-state index in [1.807, 2.05) is 48.5 Å². The molecule has 2 amide bonds. The first-order valence-electron chi connectivity index (χ1n) is 11.2. The van der Waals surface area contributed by atoms with E-state index in [1.165, 1.54) is 12.1 Å². The van der Waals surface area contributed by atoms with E-state index < -0.39 is 23.7 Å². The zero-order chi connectivity index (χ0) is 26.1. The Hall–Kier alpha value is -4.70. The van der Waals surface area contributed by atoms with Crippen LogP contribution in [0.1, 0.15) is 38.1 Å². The van der Waals surface area contributed by atoms with E-state index in [4.69, 9.17) is 23.1 Å². The highest BCUT2D eigenvalue weighted by molar-refractivity contribution is 6.32. The number of fused-ring (bicyclic) bond motifs is 1. The number of primary amides is 1. The predicted octanol–water partition coefficient (Wildman–Crippen LogP) is 4.14. The van der Waals surface area contributed by atoms with Crippen molar-refractivity contribution in [2.75, 3.05) is 5.73 Å². The average Bonchev–Trinajstić information content (AvgIpc) is 3.46. The standard InChI is InChI=1S/C26H21ClFN7O2/c27-22-21(14-6-9-17-19(12-14)34-35-23(17)29)32-25(33-22)20(10-13-4-2-1-3-5-13)31-26(37)16-8-7-15(24(30)36)11-18(16)28/h1-9,11-12,20H,10H2,(H2,30,36)(H,31,37)(H,32,33)(H3,29,34,35)/t20-/m0/s1. The average molecular weight is 518 g/mol. The minimum absolute atomic E-state index is 0.0339. The lowest BCUT2D eigenvalue weighted by atomic mass is 10.0. The first-order valence-corrected chi connectivity index (χ1v) is 11.6. The minimum Gasteiger partial charge on any atom is -0.382 e. The molecular weight excluding hydrogens is 497 g/mol. The summed E-state index contributed by atoms with van der Waals surface area (Å²) in [4.78, 5) is 32.1. The number of aromatic amines is 2. The van der Waals surface area contributed by atoms with Gasteiger partial charge in [0.2, 0.25) is 5.91 Å². The van der Waals surface area contributed by atoms with E-state index in [0.717, 1.165) is 22.5 Å². The van der Waals surface area contributed by atoms with Crippen LogP contribution in [0.15, 0.2) is 66.7 Å². The van der Waals surface area contributed by atoms with Gasteiger partial charge in [-0.05, 0) is 42.3 Å². The largest absolute Gasteiger partial charge is 0.382 e. The third-order valence-electron chi connectivity index (χ3n) is 5.96. The number of halogens is 2. The van der Waals surface area contributed by atoms with E-state index in [9.17, 15) is 14.0 Å². The van der Waals surface area contributed by atoms with Gasteiger partial charge in [0.25, 0.3) is 5.91 Å². The summed E-state index contributed by atoms with van der Waals surface area (Å²) in [6.07, 6.45) is 0.354. The number of nitrogens with one attached hydrogen (secondary N) is 3. The van der Waals surface area contributed by atoms with Crippen molar-refractivity contribution >= 4 is 40.1 Å². The summed E-state index contributed by atoms with van der Waals surface area (Å²) in [5.74, 6) is -1.57. The van der Waals surface area contributed by atoms with Crippen LogP contribution in [0.3, 0.4) is 0 Å². The van der Waals surface area contributed by atoms with Crippen LogP contribution < -0.4 is 16.8 Å². The van der Waals surface area contributed by atoms with Gasteiger partial charge in [0.1, 0.15) is 22.5 Å². The molecular formula is C26H21ClFN7O2. The number of hydrogen-bond donors (Lipinski definition) is 5. The molecule has 37 heavy (non-hydrogen) atoms. The fraction of sp³-hybridized carbons (Fsp3) is 0.0769. The molecule has 11 heteroatoms. The first kappa shape index (κ1) is 24.0. The van der Waals surface area contributed by atoms with E-state index >= 15 is 0 Å². The van der Waals surface area contributed by atoms with Crippen LogP contribution in [0, 0.1) is 5.82 Å². The SMILES string of the molecule is NC(=O)c1ccc(C(=O)N[C@@H](Cc2ccccc2)c2nc(-c3ccc4c(N)n[nH]c4c3)c(Cl)[nH]2)c(F)c1. The summed E-state index contributed by atoms with van der Waals surface area (Å²) in [5, 5.41) is 10.7. The maximum atomic E-state index is 14.6. The summed E-state index contributed by atoms with van der Waals surface area (Å²) in [6, 6.07) is 17.7. The molecule has 0 saturated heterocycles. The number of rotatable bonds is 7. The van der Waals surface area contributed by atoms with Crippen LogP contribution in [0.25, 0.3) is 22.2 Å². The minimum atomic E-state index is -0.863. The zero-order valence-electron chi connectivity index (χ0n) is 19.3. The van der Waals surface area contributed by atoms with Gasteiger partial charge in [0, 0.05) is 16.5 Å². The molecule has 0 aliphatic carbocycles. The van der Waals surface area contributed by atoms with Crippen molar-refractivity contribution in [3.63, 3.8) is 0 Å². The van der Waals surface area contributed by atoms with Gasteiger partial charge in [-0.3, -0.25) is 14.7 Å². The number of nitrogens with two attached hydrogens (primary N) is 2. The summed E-state index contributed by atoms with van der Waals surface area (Å²) in [6.45, 7) is 0. The normalized spacial score (nSPS) is 11.9. The number of nitrogen functional groups attached to an aromatic ring is 1. The zero-order valence-corrected chi connectivity index (χ0v) is 20.0. The maximum absolute atomic E-state index is 14.6. The second-order valence-corrected chi connectivity index (χ2v) is 8.81. The molecule has 0 fully saturated rings. The molecule has 0 bridgehead atoms. The Labute approximate surface area is 215 Å². The Balaban J connectivity index is 1.49.